The predicted octanol–water partition coefficient (Wildman–Crippen LogP) is 0.475. The normalized spacial score (nSPS) is 10.6. The Hall–Kier alpha value is 0.181. The summed E-state index contributed by atoms with van der Waals surface area (Å²) in [5, 5.41) is 0. The second kappa shape index (κ2) is 9.14. The zero-order valence-electron chi connectivity index (χ0n) is 10.2. The van der Waals surface area contributed by atoms with Crippen molar-refractivity contribution in [2.75, 3.05) is 6.61 Å². The standard InChI is InChI=1S/C11H13BF3O2.K/c13-12(14,15)8-4-5-9-17-11(16)10-6-2-1-3-7-10;/h1-3,6-7H,4-5,8-9H2;/q-1;+1. The van der Waals surface area contributed by atoms with Gasteiger partial charge in [0.1, 0.15) is 0 Å². The molecule has 0 heterocycles. The van der Waals surface area contributed by atoms with Crippen LogP contribution in [-0.4, -0.2) is 19.6 Å². The van der Waals surface area contributed by atoms with Gasteiger partial charge in [-0.25, -0.2) is 4.79 Å². The smallest absolute Gasteiger partial charge is 0.462 e. The predicted molar refractivity (Wildman–Crippen MR) is 59.8 cm³/mol. The van der Waals surface area contributed by atoms with Crippen molar-refractivity contribution in [2.45, 2.75) is 19.2 Å². The first-order valence-corrected chi connectivity index (χ1v) is 5.42. The molecule has 1 aromatic carbocycles. The Bertz CT molecular complexity index is 357. The van der Waals surface area contributed by atoms with Gasteiger partial charge in [-0.15, -0.1) is 0 Å². The minimum atomic E-state index is -4.72. The summed E-state index contributed by atoms with van der Waals surface area (Å²) in [4.78, 5) is 11.4. The third-order valence-electron chi connectivity index (χ3n) is 2.17. The van der Waals surface area contributed by atoms with Crippen LogP contribution in [0, 0.1) is 0 Å². The third kappa shape index (κ3) is 8.31. The zero-order chi connectivity index (χ0) is 12.7. The van der Waals surface area contributed by atoms with Gasteiger partial charge in [-0.3, -0.25) is 0 Å². The minimum Gasteiger partial charge on any atom is -0.462 e. The van der Waals surface area contributed by atoms with Gasteiger partial charge < -0.3 is 17.7 Å². The van der Waals surface area contributed by atoms with E-state index in [1.165, 1.54) is 0 Å². The molecule has 0 radical (unpaired) electrons. The summed E-state index contributed by atoms with van der Waals surface area (Å²) < 4.78 is 40.4. The van der Waals surface area contributed by atoms with Gasteiger partial charge in [0.2, 0.25) is 0 Å². The number of carbonyl (C=O) groups excluding carboxylic acids is 1. The molecule has 18 heavy (non-hydrogen) atoms. The maximum absolute atomic E-state index is 11.9. The van der Waals surface area contributed by atoms with Crippen LogP contribution >= 0.6 is 0 Å². The summed E-state index contributed by atoms with van der Waals surface area (Å²) in [6.45, 7) is -4.69. The van der Waals surface area contributed by atoms with Crippen LogP contribution in [0.5, 0.6) is 0 Å². The fourth-order valence-electron chi connectivity index (χ4n) is 1.30. The molecule has 0 N–H and O–H groups in total. The van der Waals surface area contributed by atoms with Crippen LogP contribution in [0.25, 0.3) is 0 Å². The van der Waals surface area contributed by atoms with Crippen molar-refractivity contribution in [3.05, 3.63) is 35.9 Å². The molecule has 1 aromatic rings. The number of rotatable bonds is 6. The van der Waals surface area contributed by atoms with Crippen LogP contribution in [0.4, 0.5) is 12.9 Å². The van der Waals surface area contributed by atoms with E-state index in [1.54, 1.807) is 30.3 Å². The third-order valence-corrected chi connectivity index (χ3v) is 2.17. The van der Waals surface area contributed by atoms with Crippen molar-refractivity contribution in [1.29, 1.82) is 0 Å². The fraction of sp³-hybridized carbons (Fsp3) is 0.364. The van der Waals surface area contributed by atoms with Crippen LogP contribution in [-0.2, 0) is 4.74 Å². The molecule has 0 aliphatic carbocycles. The minimum absolute atomic E-state index is 0. The zero-order valence-corrected chi connectivity index (χ0v) is 13.4. The molecule has 1 rings (SSSR count). The largest absolute Gasteiger partial charge is 1.00 e. The van der Waals surface area contributed by atoms with Crippen molar-refractivity contribution in [1.82, 2.24) is 0 Å². The second-order valence-corrected chi connectivity index (χ2v) is 3.71. The van der Waals surface area contributed by atoms with E-state index in [0.29, 0.717) is 5.56 Å². The van der Waals surface area contributed by atoms with Crippen molar-refractivity contribution < 1.29 is 73.9 Å². The molecule has 0 amide bonds. The van der Waals surface area contributed by atoms with E-state index in [-0.39, 0.29) is 70.8 Å². The van der Waals surface area contributed by atoms with Gasteiger partial charge in [0.25, 0.3) is 0 Å². The number of esters is 1. The molecule has 0 atom stereocenters. The van der Waals surface area contributed by atoms with Crippen LogP contribution in [0.3, 0.4) is 0 Å². The van der Waals surface area contributed by atoms with Gasteiger partial charge in [-0.2, -0.15) is 0 Å². The quantitative estimate of drug-likeness (QED) is 0.431. The number of benzene rings is 1. The number of hydrogen-bond acceptors (Lipinski definition) is 2. The van der Waals surface area contributed by atoms with Crippen molar-refractivity contribution in [3.8, 4) is 0 Å². The molecule has 7 heteroatoms. The Morgan fingerprint density at radius 3 is 2.28 bits per heavy atom. The molecule has 0 saturated heterocycles. The van der Waals surface area contributed by atoms with Crippen LogP contribution in [0.2, 0.25) is 6.32 Å². The van der Waals surface area contributed by atoms with E-state index in [0.717, 1.165) is 0 Å². The Kier molecular flexibility index (Phi) is 9.24. The monoisotopic (exact) mass is 284 g/mol. The van der Waals surface area contributed by atoms with Gasteiger partial charge in [0, 0.05) is 0 Å². The second-order valence-electron chi connectivity index (χ2n) is 3.71. The maximum Gasteiger partial charge on any atom is 1.00 e. The molecular weight excluding hydrogens is 271 g/mol. The molecule has 0 aliphatic heterocycles. The van der Waals surface area contributed by atoms with Crippen LogP contribution in [0.1, 0.15) is 23.2 Å². The van der Waals surface area contributed by atoms with E-state index in [2.05, 4.69) is 0 Å². The molecule has 2 nitrogen and oxygen atoms in total. The molecule has 94 valence electrons. The Morgan fingerprint density at radius 2 is 1.72 bits per heavy atom. The summed E-state index contributed by atoms with van der Waals surface area (Å²) in [5.41, 5.74) is 0.410. The molecule has 0 bridgehead atoms. The Labute approximate surface area is 147 Å². The van der Waals surface area contributed by atoms with Crippen LogP contribution in [0.15, 0.2) is 30.3 Å². The van der Waals surface area contributed by atoms with E-state index in [1.807, 2.05) is 0 Å². The molecule has 0 aliphatic rings. The van der Waals surface area contributed by atoms with E-state index in [4.69, 9.17) is 4.74 Å². The summed E-state index contributed by atoms with van der Waals surface area (Å²) in [6.07, 6.45) is -0.533. The Balaban J connectivity index is 0.00000289. The van der Waals surface area contributed by atoms with Crippen LogP contribution < -0.4 is 51.4 Å². The number of halogens is 3. The van der Waals surface area contributed by atoms with Crippen molar-refractivity contribution in [3.63, 3.8) is 0 Å². The van der Waals surface area contributed by atoms with Gasteiger partial charge in [0.05, 0.1) is 12.2 Å². The number of carbonyl (C=O) groups is 1. The number of unbranched alkanes of at least 4 members (excludes halogenated alkanes) is 1. The van der Waals surface area contributed by atoms with E-state index < -0.39 is 19.3 Å². The summed E-state index contributed by atoms with van der Waals surface area (Å²) in [7, 11) is 0. The van der Waals surface area contributed by atoms with Gasteiger partial charge in [-0.1, -0.05) is 30.9 Å². The molecule has 0 aromatic heterocycles. The molecule has 0 saturated carbocycles. The van der Waals surface area contributed by atoms with Gasteiger partial charge in [0.15, 0.2) is 0 Å². The summed E-state index contributed by atoms with van der Waals surface area (Å²) in [5.74, 6) is -0.497. The molecule has 0 fully saturated rings. The van der Waals surface area contributed by atoms with Gasteiger partial charge in [-0.05, 0) is 18.6 Å². The SMILES string of the molecule is O=C(OCCCC[B-](F)(F)F)c1ccccc1.[K+]. The topological polar surface area (TPSA) is 26.3 Å². The molecule has 0 unspecified atom stereocenters. The van der Waals surface area contributed by atoms with Crippen molar-refractivity contribution in [2.24, 2.45) is 0 Å². The van der Waals surface area contributed by atoms with E-state index >= 15 is 0 Å². The molecule has 0 spiro atoms. The first kappa shape index (κ1) is 18.2. The Morgan fingerprint density at radius 1 is 1.11 bits per heavy atom. The number of ether oxygens (including phenoxy) is 1. The summed E-state index contributed by atoms with van der Waals surface area (Å²) >= 11 is 0. The average Bonchev–Trinajstić information content (AvgIpc) is 2.28. The first-order valence-electron chi connectivity index (χ1n) is 5.42. The maximum atomic E-state index is 11.9. The average molecular weight is 284 g/mol. The van der Waals surface area contributed by atoms with Crippen molar-refractivity contribution >= 4 is 12.9 Å². The summed E-state index contributed by atoms with van der Waals surface area (Å²) in [6, 6.07) is 8.36. The van der Waals surface area contributed by atoms with E-state index in [9.17, 15) is 17.7 Å². The number of hydrogen-bond donors (Lipinski definition) is 0. The fourth-order valence-corrected chi connectivity index (χ4v) is 1.30. The first-order chi connectivity index (χ1) is 7.99. The molecular formula is C11H13BF3KO2. The van der Waals surface area contributed by atoms with Gasteiger partial charge >= 0.3 is 64.3 Å².